The first-order chi connectivity index (χ1) is 10.2. The van der Waals surface area contributed by atoms with Crippen LogP contribution in [0.5, 0.6) is 11.5 Å². The Morgan fingerprint density at radius 1 is 1.05 bits per heavy atom. The zero-order valence-corrected chi connectivity index (χ0v) is 12.4. The maximum atomic E-state index is 6.05. The van der Waals surface area contributed by atoms with Gasteiger partial charge in [-0.2, -0.15) is 0 Å². The monoisotopic (exact) mass is 292 g/mol. The van der Waals surface area contributed by atoms with Gasteiger partial charge in [0.2, 0.25) is 0 Å². The zero-order chi connectivity index (χ0) is 14.5. The van der Waals surface area contributed by atoms with E-state index in [0.29, 0.717) is 13.2 Å². The Kier molecular flexibility index (Phi) is 2.93. The summed E-state index contributed by atoms with van der Waals surface area (Å²) < 4.78 is 28.3. The molecular weight excluding hydrogens is 272 g/mol. The average Bonchev–Trinajstić information content (AvgIpc) is 3.08. The van der Waals surface area contributed by atoms with Crippen LogP contribution in [0.25, 0.3) is 0 Å². The minimum Gasteiger partial charge on any atom is -0.493 e. The van der Waals surface area contributed by atoms with Gasteiger partial charge in [-0.05, 0) is 24.1 Å². The highest BCUT2D eigenvalue weighted by atomic mass is 16.7. The molecule has 2 heterocycles. The molecule has 3 aliphatic rings. The Bertz CT molecular complexity index is 552. The summed E-state index contributed by atoms with van der Waals surface area (Å²) in [7, 11) is 3.30. The molecule has 2 saturated heterocycles. The number of fused-ring (bicyclic) bond motifs is 1. The largest absolute Gasteiger partial charge is 0.493 e. The van der Waals surface area contributed by atoms with E-state index in [9.17, 15) is 0 Å². The minimum absolute atomic E-state index is 0.169. The summed E-state index contributed by atoms with van der Waals surface area (Å²) >= 11 is 0. The van der Waals surface area contributed by atoms with Gasteiger partial charge in [-0.3, -0.25) is 0 Å². The molecule has 114 valence electrons. The molecule has 0 radical (unpaired) electrons. The molecule has 2 atom stereocenters. The van der Waals surface area contributed by atoms with Crippen LogP contribution in [0.3, 0.4) is 0 Å². The summed E-state index contributed by atoms with van der Waals surface area (Å²) in [5.41, 5.74) is 0.957. The summed E-state index contributed by atoms with van der Waals surface area (Å²) in [6, 6.07) is 6.03. The van der Waals surface area contributed by atoms with Crippen LogP contribution in [-0.4, -0.2) is 39.3 Å². The molecule has 5 nitrogen and oxygen atoms in total. The summed E-state index contributed by atoms with van der Waals surface area (Å²) in [6.07, 6.45) is 2.76. The molecule has 0 unspecified atom stereocenters. The quantitative estimate of drug-likeness (QED) is 0.800. The van der Waals surface area contributed by atoms with Crippen molar-refractivity contribution in [3.8, 4) is 11.5 Å². The third-order valence-corrected chi connectivity index (χ3v) is 4.87. The summed E-state index contributed by atoms with van der Waals surface area (Å²) in [6.45, 7) is 1.38. The van der Waals surface area contributed by atoms with E-state index in [-0.39, 0.29) is 11.7 Å². The molecule has 3 fully saturated rings. The average molecular weight is 292 g/mol. The van der Waals surface area contributed by atoms with Crippen molar-refractivity contribution in [1.29, 1.82) is 0 Å². The highest BCUT2D eigenvalue weighted by Gasteiger charge is 2.65. The Morgan fingerprint density at radius 2 is 1.81 bits per heavy atom. The van der Waals surface area contributed by atoms with Crippen molar-refractivity contribution in [2.45, 2.75) is 36.8 Å². The molecule has 2 aliphatic heterocycles. The highest BCUT2D eigenvalue weighted by molar-refractivity contribution is 5.46. The van der Waals surface area contributed by atoms with Crippen LogP contribution < -0.4 is 9.47 Å². The molecule has 1 spiro atoms. The van der Waals surface area contributed by atoms with Crippen molar-refractivity contribution in [2.75, 3.05) is 27.4 Å². The number of epoxide rings is 1. The summed E-state index contributed by atoms with van der Waals surface area (Å²) in [5.74, 6) is 1.08. The molecule has 0 aromatic heterocycles. The van der Waals surface area contributed by atoms with E-state index in [4.69, 9.17) is 23.7 Å². The number of benzene rings is 1. The van der Waals surface area contributed by atoms with Gasteiger partial charge >= 0.3 is 0 Å². The van der Waals surface area contributed by atoms with Crippen molar-refractivity contribution in [2.24, 2.45) is 0 Å². The van der Waals surface area contributed by atoms with E-state index in [1.54, 1.807) is 14.2 Å². The minimum atomic E-state index is -0.402. The van der Waals surface area contributed by atoms with Crippen molar-refractivity contribution in [3.63, 3.8) is 0 Å². The van der Waals surface area contributed by atoms with Gasteiger partial charge < -0.3 is 23.7 Å². The molecule has 1 aromatic carbocycles. The first-order valence-electron chi connectivity index (χ1n) is 7.40. The van der Waals surface area contributed by atoms with Gasteiger partial charge in [0.15, 0.2) is 17.3 Å². The molecule has 1 aliphatic carbocycles. The molecule has 1 saturated carbocycles. The normalized spacial score (nSPS) is 32.8. The van der Waals surface area contributed by atoms with Gasteiger partial charge in [0.1, 0.15) is 5.60 Å². The molecule has 4 rings (SSSR count). The summed E-state index contributed by atoms with van der Waals surface area (Å²) in [4.78, 5) is 0. The van der Waals surface area contributed by atoms with E-state index in [0.717, 1.165) is 36.3 Å². The maximum Gasteiger partial charge on any atom is 0.171 e. The fourth-order valence-corrected chi connectivity index (χ4v) is 3.66. The van der Waals surface area contributed by atoms with Crippen LogP contribution in [-0.2, 0) is 19.8 Å². The second-order valence-electron chi connectivity index (χ2n) is 5.88. The van der Waals surface area contributed by atoms with E-state index in [1.165, 1.54) is 0 Å². The fraction of sp³-hybridized carbons (Fsp3) is 0.625. The van der Waals surface area contributed by atoms with Crippen LogP contribution >= 0.6 is 0 Å². The first kappa shape index (κ1) is 13.4. The Balaban J connectivity index is 1.58. The Labute approximate surface area is 124 Å². The van der Waals surface area contributed by atoms with E-state index in [1.807, 2.05) is 12.1 Å². The van der Waals surface area contributed by atoms with Gasteiger partial charge in [0, 0.05) is 12.8 Å². The van der Waals surface area contributed by atoms with Crippen LogP contribution in [0, 0.1) is 0 Å². The lowest BCUT2D eigenvalue weighted by Gasteiger charge is -2.32. The number of rotatable bonds is 3. The number of ether oxygens (including phenoxy) is 5. The van der Waals surface area contributed by atoms with E-state index < -0.39 is 5.79 Å². The third-order valence-electron chi connectivity index (χ3n) is 4.87. The molecular formula is C16H20O5. The van der Waals surface area contributed by atoms with Crippen molar-refractivity contribution >= 4 is 0 Å². The van der Waals surface area contributed by atoms with Gasteiger partial charge in [-0.1, -0.05) is 6.07 Å². The fourth-order valence-electron chi connectivity index (χ4n) is 3.66. The SMILES string of the molecule is COc1ccc([C@]23CCC4(C[C@H]2O3)OCCO4)cc1OC. The van der Waals surface area contributed by atoms with Crippen LogP contribution in [0.2, 0.25) is 0 Å². The van der Waals surface area contributed by atoms with Gasteiger partial charge in [0.05, 0.1) is 33.5 Å². The zero-order valence-electron chi connectivity index (χ0n) is 12.4. The van der Waals surface area contributed by atoms with E-state index >= 15 is 0 Å². The van der Waals surface area contributed by atoms with Crippen molar-refractivity contribution in [1.82, 2.24) is 0 Å². The van der Waals surface area contributed by atoms with Crippen LogP contribution in [0.4, 0.5) is 0 Å². The lowest BCUT2D eigenvalue weighted by Crippen LogP contribution is -2.38. The second kappa shape index (κ2) is 4.60. The second-order valence-corrected chi connectivity index (χ2v) is 5.88. The number of hydrogen-bond acceptors (Lipinski definition) is 5. The predicted molar refractivity (Wildman–Crippen MR) is 74.6 cm³/mol. The molecule has 21 heavy (non-hydrogen) atoms. The van der Waals surface area contributed by atoms with Crippen LogP contribution in [0.15, 0.2) is 18.2 Å². The van der Waals surface area contributed by atoms with Gasteiger partial charge in [-0.15, -0.1) is 0 Å². The number of hydrogen-bond donors (Lipinski definition) is 0. The lowest BCUT2D eigenvalue weighted by molar-refractivity contribution is -0.175. The molecule has 1 aromatic rings. The van der Waals surface area contributed by atoms with Gasteiger partial charge in [-0.25, -0.2) is 0 Å². The molecule has 0 N–H and O–H groups in total. The standard InChI is InChI=1S/C16H20O5/c1-17-12-4-3-11(9-13(12)18-2)16-6-5-15(10-14(16)21-16)19-7-8-20-15/h3-4,9,14H,5-8,10H2,1-2H3/t14-,16-/m1/s1. The van der Waals surface area contributed by atoms with Crippen LogP contribution in [0.1, 0.15) is 24.8 Å². The topological polar surface area (TPSA) is 49.5 Å². The molecule has 5 heteroatoms. The lowest BCUT2D eigenvalue weighted by atomic mass is 9.80. The Hall–Kier alpha value is -1.30. The van der Waals surface area contributed by atoms with Crippen molar-refractivity contribution < 1.29 is 23.7 Å². The van der Waals surface area contributed by atoms with Gasteiger partial charge in [0.25, 0.3) is 0 Å². The Morgan fingerprint density at radius 3 is 2.48 bits per heavy atom. The third kappa shape index (κ3) is 1.95. The smallest absolute Gasteiger partial charge is 0.171 e. The van der Waals surface area contributed by atoms with Crippen molar-refractivity contribution in [3.05, 3.63) is 23.8 Å². The predicted octanol–water partition coefficient (Wildman–Crippen LogP) is 2.22. The first-order valence-corrected chi connectivity index (χ1v) is 7.40. The molecule has 0 amide bonds. The highest BCUT2D eigenvalue weighted by Crippen LogP contribution is 2.59. The van der Waals surface area contributed by atoms with E-state index in [2.05, 4.69) is 6.07 Å². The maximum absolute atomic E-state index is 6.05. The number of methoxy groups -OCH3 is 2. The summed E-state index contributed by atoms with van der Waals surface area (Å²) in [5, 5.41) is 0. The molecule has 0 bridgehead atoms.